The zero-order chi connectivity index (χ0) is 21.8. The molecule has 2 aromatic carbocycles. The van der Waals surface area contributed by atoms with Crippen molar-refractivity contribution in [2.45, 2.75) is 17.3 Å². The van der Waals surface area contributed by atoms with E-state index in [1.165, 1.54) is 23.9 Å². The van der Waals surface area contributed by atoms with Gasteiger partial charge in [0.05, 0.1) is 31.1 Å². The van der Waals surface area contributed by atoms with Gasteiger partial charge >= 0.3 is 0 Å². The quantitative estimate of drug-likeness (QED) is 0.394. The van der Waals surface area contributed by atoms with Crippen LogP contribution in [-0.2, 0) is 16.9 Å². The Morgan fingerprint density at radius 3 is 2.53 bits per heavy atom. The number of hydrogen-bond acceptors (Lipinski definition) is 8. The van der Waals surface area contributed by atoms with E-state index in [1.807, 2.05) is 41.0 Å². The summed E-state index contributed by atoms with van der Waals surface area (Å²) in [5.74, 6) is 1.84. The van der Waals surface area contributed by atoms with Gasteiger partial charge in [-0.2, -0.15) is 0 Å². The first-order chi connectivity index (χ1) is 15.8. The molecular formula is C22H21FN6O2S. The first-order valence-corrected chi connectivity index (χ1v) is 11.3. The summed E-state index contributed by atoms with van der Waals surface area (Å²) >= 11 is 1.42. The molecule has 1 aliphatic rings. The summed E-state index contributed by atoms with van der Waals surface area (Å²) in [4.78, 5) is 2.09. The minimum atomic E-state index is -0.317. The van der Waals surface area contributed by atoms with Crippen molar-refractivity contribution in [3.8, 4) is 5.69 Å². The van der Waals surface area contributed by atoms with E-state index in [-0.39, 0.29) is 5.82 Å². The number of thioether (sulfide) groups is 1. The van der Waals surface area contributed by atoms with Crippen LogP contribution in [0.1, 0.15) is 17.3 Å². The lowest BCUT2D eigenvalue weighted by Crippen LogP contribution is -2.37. The van der Waals surface area contributed by atoms with Gasteiger partial charge in [0.25, 0.3) is 0 Å². The molecule has 2 aromatic heterocycles. The number of ether oxygens (including phenoxy) is 1. The van der Waals surface area contributed by atoms with Crippen molar-refractivity contribution in [1.29, 1.82) is 0 Å². The second-order valence-electron chi connectivity index (χ2n) is 7.24. The van der Waals surface area contributed by atoms with E-state index in [9.17, 15) is 4.39 Å². The second-order valence-corrected chi connectivity index (χ2v) is 8.18. The zero-order valence-electron chi connectivity index (χ0n) is 17.2. The van der Waals surface area contributed by atoms with E-state index < -0.39 is 0 Å². The van der Waals surface area contributed by atoms with Crippen molar-refractivity contribution in [1.82, 2.24) is 25.0 Å². The highest BCUT2D eigenvalue weighted by Gasteiger charge is 2.22. The Morgan fingerprint density at radius 2 is 1.72 bits per heavy atom. The van der Waals surface area contributed by atoms with Crippen LogP contribution in [0.4, 0.5) is 10.3 Å². The molecule has 0 N–H and O–H groups in total. The molecule has 5 rings (SSSR count). The van der Waals surface area contributed by atoms with Gasteiger partial charge in [-0.25, -0.2) is 4.39 Å². The van der Waals surface area contributed by atoms with Crippen LogP contribution in [0.25, 0.3) is 5.69 Å². The number of nitrogens with zero attached hydrogens (tertiary/aromatic N) is 6. The fraction of sp³-hybridized carbons (Fsp3) is 0.273. The van der Waals surface area contributed by atoms with Crippen molar-refractivity contribution in [2.24, 2.45) is 0 Å². The number of aromatic nitrogens is 5. The van der Waals surface area contributed by atoms with Gasteiger partial charge in [0.15, 0.2) is 5.16 Å². The van der Waals surface area contributed by atoms with Gasteiger partial charge in [0.1, 0.15) is 5.82 Å². The third kappa shape index (κ3) is 4.66. The van der Waals surface area contributed by atoms with E-state index in [4.69, 9.17) is 9.15 Å². The molecule has 0 spiro atoms. The van der Waals surface area contributed by atoms with Crippen molar-refractivity contribution < 1.29 is 13.5 Å². The SMILES string of the molecule is Fc1cccc(-n2c(SCc3nnc(Cc4ccccc4)o3)nnc2N2CCOCC2)c1. The minimum Gasteiger partial charge on any atom is -0.424 e. The summed E-state index contributed by atoms with van der Waals surface area (Å²) in [7, 11) is 0. The average molecular weight is 453 g/mol. The highest BCUT2D eigenvalue weighted by Crippen LogP contribution is 2.29. The Balaban J connectivity index is 1.36. The number of halogens is 1. The summed E-state index contributed by atoms with van der Waals surface area (Å²) in [6.45, 7) is 2.63. The molecule has 3 heterocycles. The maximum Gasteiger partial charge on any atom is 0.232 e. The smallest absolute Gasteiger partial charge is 0.232 e. The van der Waals surface area contributed by atoms with E-state index in [0.29, 0.717) is 67.1 Å². The molecule has 0 aliphatic carbocycles. The van der Waals surface area contributed by atoms with Crippen molar-refractivity contribution in [3.63, 3.8) is 0 Å². The van der Waals surface area contributed by atoms with Crippen molar-refractivity contribution in [2.75, 3.05) is 31.2 Å². The van der Waals surface area contributed by atoms with Crippen LogP contribution in [0, 0.1) is 5.82 Å². The van der Waals surface area contributed by atoms with Crippen molar-refractivity contribution >= 4 is 17.7 Å². The van der Waals surface area contributed by atoms with Crippen LogP contribution in [0.15, 0.2) is 64.2 Å². The third-order valence-corrected chi connectivity index (χ3v) is 5.92. The lowest BCUT2D eigenvalue weighted by molar-refractivity contribution is 0.122. The molecule has 164 valence electrons. The van der Waals surface area contributed by atoms with Gasteiger partial charge in [0, 0.05) is 13.1 Å². The van der Waals surface area contributed by atoms with Gasteiger partial charge in [-0.05, 0) is 23.8 Å². The molecule has 0 saturated carbocycles. The molecule has 0 radical (unpaired) electrons. The average Bonchev–Trinajstić information content (AvgIpc) is 3.46. The largest absolute Gasteiger partial charge is 0.424 e. The molecule has 4 aromatic rings. The molecule has 8 nitrogen and oxygen atoms in total. The highest BCUT2D eigenvalue weighted by molar-refractivity contribution is 7.98. The van der Waals surface area contributed by atoms with E-state index >= 15 is 0 Å². The number of benzene rings is 2. The molecular weight excluding hydrogens is 431 g/mol. The molecule has 1 fully saturated rings. The van der Waals surface area contributed by atoms with E-state index in [0.717, 1.165) is 5.56 Å². The Morgan fingerprint density at radius 1 is 0.906 bits per heavy atom. The predicted molar refractivity (Wildman–Crippen MR) is 117 cm³/mol. The number of morpholine rings is 1. The molecule has 10 heteroatoms. The number of hydrogen-bond donors (Lipinski definition) is 0. The molecule has 1 aliphatic heterocycles. The summed E-state index contributed by atoms with van der Waals surface area (Å²) in [6, 6.07) is 16.4. The number of anilines is 1. The monoisotopic (exact) mass is 452 g/mol. The van der Waals surface area contributed by atoms with E-state index in [1.54, 1.807) is 6.07 Å². The van der Waals surface area contributed by atoms with Crippen LogP contribution in [0.5, 0.6) is 0 Å². The maximum absolute atomic E-state index is 14.0. The van der Waals surface area contributed by atoms with E-state index in [2.05, 4.69) is 25.3 Å². The Bertz CT molecular complexity index is 1180. The van der Waals surface area contributed by atoms with Gasteiger partial charge in [0.2, 0.25) is 17.7 Å². The molecule has 32 heavy (non-hydrogen) atoms. The number of rotatable bonds is 7. The summed E-state index contributed by atoms with van der Waals surface area (Å²) < 4.78 is 27.1. The third-order valence-electron chi connectivity index (χ3n) is 5.01. The van der Waals surface area contributed by atoms with Crippen LogP contribution in [0.2, 0.25) is 0 Å². The molecule has 1 saturated heterocycles. The fourth-order valence-electron chi connectivity index (χ4n) is 3.48. The minimum absolute atomic E-state index is 0.317. The Labute approximate surface area is 188 Å². The summed E-state index contributed by atoms with van der Waals surface area (Å²) in [5, 5.41) is 17.7. The zero-order valence-corrected chi connectivity index (χ0v) is 18.0. The highest BCUT2D eigenvalue weighted by atomic mass is 32.2. The van der Waals surface area contributed by atoms with Gasteiger partial charge in [-0.1, -0.05) is 48.2 Å². The first-order valence-electron chi connectivity index (χ1n) is 10.3. The molecule has 0 bridgehead atoms. The Hall–Kier alpha value is -3.24. The van der Waals surface area contributed by atoms with Crippen LogP contribution in [0.3, 0.4) is 0 Å². The normalized spacial score (nSPS) is 14.1. The van der Waals surface area contributed by atoms with Crippen LogP contribution >= 0.6 is 11.8 Å². The predicted octanol–water partition coefficient (Wildman–Crippen LogP) is 3.51. The Kier molecular flexibility index (Phi) is 6.13. The molecule has 0 unspecified atom stereocenters. The summed E-state index contributed by atoms with van der Waals surface area (Å²) in [6.07, 6.45) is 0.583. The van der Waals surface area contributed by atoms with Gasteiger partial charge < -0.3 is 14.1 Å². The van der Waals surface area contributed by atoms with Gasteiger partial charge in [-0.15, -0.1) is 20.4 Å². The fourth-order valence-corrected chi connectivity index (χ4v) is 4.26. The molecule has 0 atom stereocenters. The second kappa shape index (κ2) is 9.49. The maximum atomic E-state index is 14.0. The summed E-state index contributed by atoms with van der Waals surface area (Å²) in [5.41, 5.74) is 1.77. The molecule has 0 amide bonds. The topological polar surface area (TPSA) is 82.1 Å². The van der Waals surface area contributed by atoms with Crippen LogP contribution in [-0.4, -0.2) is 51.3 Å². The first kappa shape index (κ1) is 20.7. The van der Waals surface area contributed by atoms with Gasteiger partial charge in [-0.3, -0.25) is 4.57 Å². The standard InChI is InChI=1S/C22H21FN6O2S/c23-17-7-4-8-18(14-17)29-21(28-9-11-30-12-10-28)26-27-22(29)32-15-20-25-24-19(31-20)13-16-5-2-1-3-6-16/h1-8,14H,9-13,15H2. The van der Waals surface area contributed by atoms with Crippen LogP contribution < -0.4 is 4.90 Å². The lowest BCUT2D eigenvalue weighted by atomic mass is 10.2. The lowest BCUT2D eigenvalue weighted by Gasteiger charge is -2.27. The van der Waals surface area contributed by atoms with Crippen molar-refractivity contribution in [3.05, 3.63) is 77.8 Å².